The van der Waals surface area contributed by atoms with Crippen molar-refractivity contribution in [2.45, 2.75) is 4.90 Å². The van der Waals surface area contributed by atoms with E-state index in [9.17, 15) is 22.4 Å². The molecule has 1 N–H and O–H groups in total. The molecule has 132 valence electrons. The molecule has 0 aliphatic carbocycles. The number of hydrogen-bond acceptors (Lipinski definition) is 4. The van der Waals surface area contributed by atoms with Gasteiger partial charge in [0, 0.05) is 25.2 Å². The molecule has 0 saturated carbocycles. The molecule has 0 unspecified atom stereocenters. The lowest BCUT2D eigenvalue weighted by Crippen LogP contribution is -2.30. The quantitative estimate of drug-likeness (QED) is 0.791. The molecule has 0 bridgehead atoms. The molecule has 0 spiro atoms. The van der Waals surface area contributed by atoms with Gasteiger partial charge in [0.2, 0.25) is 10.0 Å². The molecular weight excluding hydrogens is 347 g/mol. The summed E-state index contributed by atoms with van der Waals surface area (Å²) in [5.41, 5.74) is 0.389. The summed E-state index contributed by atoms with van der Waals surface area (Å²) in [6.45, 7) is -0.283. The molecule has 8 heteroatoms. The summed E-state index contributed by atoms with van der Waals surface area (Å²) in [4.78, 5) is 24.1. The minimum Gasteiger partial charge on any atom is -0.345 e. The second kappa shape index (κ2) is 7.54. The van der Waals surface area contributed by atoms with Crippen molar-refractivity contribution in [3.8, 4) is 0 Å². The van der Waals surface area contributed by atoms with Crippen molar-refractivity contribution in [1.82, 2.24) is 9.62 Å². The number of carbonyl (C=O) groups is 2. The van der Waals surface area contributed by atoms with E-state index in [4.69, 9.17) is 0 Å². The van der Waals surface area contributed by atoms with Gasteiger partial charge in [-0.15, -0.1) is 0 Å². The Morgan fingerprint density at radius 1 is 1.04 bits per heavy atom. The Hall–Kier alpha value is -2.58. The van der Waals surface area contributed by atoms with Crippen LogP contribution in [-0.4, -0.2) is 45.1 Å². The number of rotatable bonds is 6. The highest BCUT2D eigenvalue weighted by Crippen LogP contribution is 2.15. The third-order valence-electron chi connectivity index (χ3n) is 3.45. The Bertz CT molecular complexity index is 893. The van der Waals surface area contributed by atoms with Crippen LogP contribution in [0.5, 0.6) is 0 Å². The summed E-state index contributed by atoms with van der Waals surface area (Å²) in [7, 11) is -0.876. The van der Waals surface area contributed by atoms with E-state index in [0.29, 0.717) is 0 Å². The van der Waals surface area contributed by atoms with Gasteiger partial charge in [0.25, 0.3) is 5.91 Å². The predicted molar refractivity (Wildman–Crippen MR) is 90.4 cm³/mol. The number of ketones is 1. The minimum absolute atomic E-state index is 0.0185. The van der Waals surface area contributed by atoms with Crippen LogP contribution in [0.3, 0.4) is 0 Å². The molecule has 0 aliphatic heterocycles. The maximum atomic E-state index is 12.8. The SMILES string of the molecule is CN(C)S(=O)(=O)c1cccc(C(=O)NCC(=O)c2ccc(F)cc2)c1. The second-order valence-electron chi connectivity index (χ2n) is 5.43. The lowest BCUT2D eigenvalue weighted by Gasteiger charge is -2.12. The standard InChI is InChI=1S/C17H17FN2O4S/c1-20(2)25(23,24)15-5-3-4-13(10-15)17(22)19-11-16(21)12-6-8-14(18)9-7-12/h3-10H,11H2,1-2H3,(H,19,22). The summed E-state index contributed by atoms with van der Waals surface area (Å²) >= 11 is 0. The third kappa shape index (κ3) is 4.49. The fourth-order valence-corrected chi connectivity index (χ4v) is 2.96. The van der Waals surface area contributed by atoms with Crippen molar-refractivity contribution in [2.75, 3.05) is 20.6 Å². The molecule has 0 radical (unpaired) electrons. The van der Waals surface area contributed by atoms with Crippen LogP contribution in [0.15, 0.2) is 53.4 Å². The highest BCUT2D eigenvalue weighted by atomic mass is 32.2. The minimum atomic E-state index is -3.66. The molecule has 0 aromatic heterocycles. The van der Waals surface area contributed by atoms with Crippen LogP contribution >= 0.6 is 0 Å². The average Bonchev–Trinajstić information content (AvgIpc) is 2.60. The number of hydrogen-bond donors (Lipinski definition) is 1. The smallest absolute Gasteiger partial charge is 0.251 e. The number of carbonyl (C=O) groups excluding carboxylic acids is 2. The molecule has 25 heavy (non-hydrogen) atoms. The van der Waals surface area contributed by atoms with E-state index >= 15 is 0 Å². The predicted octanol–water partition coefficient (Wildman–Crippen LogP) is 1.69. The van der Waals surface area contributed by atoms with E-state index < -0.39 is 21.7 Å². The normalized spacial score (nSPS) is 11.4. The van der Waals surface area contributed by atoms with Gasteiger partial charge in [-0.05, 0) is 42.5 Å². The van der Waals surface area contributed by atoms with E-state index in [1.807, 2.05) is 0 Å². The summed E-state index contributed by atoms with van der Waals surface area (Å²) in [6.07, 6.45) is 0. The van der Waals surface area contributed by atoms with Crippen LogP contribution in [0.25, 0.3) is 0 Å². The van der Waals surface area contributed by atoms with E-state index in [1.54, 1.807) is 0 Å². The van der Waals surface area contributed by atoms with Crippen LogP contribution < -0.4 is 5.32 Å². The summed E-state index contributed by atoms with van der Waals surface area (Å²) < 4.78 is 38.1. The first kappa shape index (κ1) is 18.8. The zero-order chi connectivity index (χ0) is 18.6. The third-order valence-corrected chi connectivity index (χ3v) is 5.26. The molecular formula is C17H17FN2O4S. The van der Waals surface area contributed by atoms with Gasteiger partial charge in [-0.3, -0.25) is 9.59 Å². The van der Waals surface area contributed by atoms with E-state index in [0.717, 1.165) is 16.4 Å². The molecule has 0 aliphatic rings. The molecule has 1 amide bonds. The topological polar surface area (TPSA) is 83.6 Å². The van der Waals surface area contributed by atoms with Crippen molar-refractivity contribution in [1.29, 1.82) is 0 Å². The van der Waals surface area contributed by atoms with E-state index in [-0.39, 0.29) is 28.4 Å². The molecule has 0 saturated heterocycles. The largest absolute Gasteiger partial charge is 0.345 e. The van der Waals surface area contributed by atoms with E-state index in [1.165, 1.54) is 50.5 Å². The summed E-state index contributed by atoms with van der Waals surface area (Å²) in [5.74, 6) is -1.42. The first-order valence-corrected chi connectivity index (χ1v) is 8.75. The first-order valence-electron chi connectivity index (χ1n) is 7.31. The number of nitrogens with one attached hydrogen (secondary N) is 1. The van der Waals surface area contributed by atoms with Gasteiger partial charge in [0.05, 0.1) is 11.4 Å². The van der Waals surface area contributed by atoms with Gasteiger partial charge in [0.15, 0.2) is 5.78 Å². The van der Waals surface area contributed by atoms with Gasteiger partial charge in [-0.25, -0.2) is 17.1 Å². The molecule has 0 atom stereocenters. The monoisotopic (exact) mass is 364 g/mol. The number of benzene rings is 2. The maximum absolute atomic E-state index is 12.8. The van der Waals surface area contributed by atoms with Crippen molar-refractivity contribution in [3.63, 3.8) is 0 Å². The lowest BCUT2D eigenvalue weighted by molar-refractivity contribution is 0.0904. The molecule has 2 rings (SSSR count). The van der Waals surface area contributed by atoms with Crippen molar-refractivity contribution >= 4 is 21.7 Å². The number of nitrogens with zero attached hydrogens (tertiary/aromatic N) is 1. The zero-order valence-electron chi connectivity index (χ0n) is 13.7. The van der Waals surface area contributed by atoms with Gasteiger partial charge in [-0.2, -0.15) is 0 Å². The highest BCUT2D eigenvalue weighted by molar-refractivity contribution is 7.89. The summed E-state index contributed by atoms with van der Waals surface area (Å²) in [6, 6.07) is 10.5. The van der Waals surface area contributed by atoms with Crippen LogP contribution in [0.4, 0.5) is 4.39 Å². The van der Waals surface area contributed by atoms with Crippen molar-refractivity contribution in [2.24, 2.45) is 0 Å². The fraction of sp³-hybridized carbons (Fsp3) is 0.176. The fourth-order valence-electron chi connectivity index (χ4n) is 2.01. The Morgan fingerprint density at radius 3 is 2.28 bits per heavy atom. The van der Waals surface area contributed by atoms with E-state index in [2.05, 4.69) is 5.32 Å². The Labute approximate surface area is 145 Å². The number of halogens is 1. The van der Waals surface area contributed by atoms with Gasteiger partial charge < -0.3 is 5.32 Å². The van der Waals surface area contributed by atoms with Crippen molar-refractivity contribution in [3.05, 3.63) is 65.5 Å². The number of sulfonamides is 1. The van der Waals surface area contributed by atoms with Crippen LogP contribution in [-0.2, 0) is 10.0 Å². The van der Waals surface area contributed by atoms with Crippen molar-refractivity contribution < 1.29 is 22.4 Å². The molecule has 2 aromatic rings. The second-order valence-corrected chi connectivity index (χ2v) is 7.58. The Balaban J connectivity index is 2.09. The van der Waals surface area contributed by atoms with Crippen LogP contribution in [0.1, 0.15) is 20.7 Å². The Morgan fingerprint density at radius 2 is 1.68 bits per heavy atom. The first-order chi connectivity index (χ1) is 11.7. The molecule has 2 aromatic carbocycles. The highest BCUT2D eigenvalue weighted by Gasteiger charge is 2.19. The van der Waals surface area contributed by atoms with Gasteiger partial charge >= 0.3 is 0 Å². The molecule has 0 heterocycles. The summed E-state index contributed by atoms with van der Waals surface area (Å²) in [5, 5.41) is 2.43. The Kier molecular flexibility index (Phi) is 5.66. The van der Waals surface area contributed by atoms with Crippen LogP contribution in [0, 0.1) is 5.82 Å². The number of amides is 1. The lowest BCUT2D eigenvalue weighted by atomic mass is 10.1. The number of Topliss-reactive ketones (excluding diaryl/α,β-unsaturated/α-hetero) is 1. The molecule has 0 fully saturated rings. The van der Waals surface area contributed by atoms with Gasteiger partial charge in [0.1, 0.15) is 5.82 Å². The maximum Gasteiger partial charge on any atom is 0.251 e. The average molecular weight is 364 g/mol. The van der Waals surface area contributed by atoms with Crippen LogP contribution in [0.2, 0.25) is 0 Å². The van der Waals surface area contributed by atoms with Gasteiger partial charge in [-0.1, -0.05) is 6.07 Å². The molecule has 6 nitrogen and oxygen atoms in total. The zero-order valence-corrected chi connectivity index (χ0v) is 14.5.